The third-order valence-corrected chi connectivity index (χ3v) is 5.67. The van der Waals surface area contributed by atoms with E-state index < -0.39 is 24.1 Å². The number of benzene rings is 2. The molecule has 1 aliphatic rings. The Morgan fingerprint density at radius 1 is 1.00 bits per heavy atom. The van der Waals surface area contributed by atoms with E-state index in [1.54, 1.807) is 6.07 Å². The molecule has 0 unspecified atom stereocenters. The molecule has 0 amide bonds. The van der Waals surface area contributed by atoms with Gasteiger partial charge in [-0.1, -0.05) is 53.5 Å². The van der Waals surface area contributed by atoms with Crippen molar-refractivity contribution < 1.29 is 29.7 Å². The summed E-state index contributed by atoms with van der Waals surface area (Å²) in [6.07, 6.45) is -3.12. The fraction of sp³-hybridized carbons (Fsp3) is 0.300. The number of carboxylic acids is 1. The Labute approximate surface area is 176 Å². The summed E-state index contributed by atoms with van der Waals surface area (Å²) in [4.78, 5) is 27.3. The lowest BCUT2D eigenvalue weighted by atomic mass is 9.77. The topological polar surface area (TPSA) is 116 Å². The van der Waals surface area contributed by atoms with Crippen LogP contribution in [0.1, 0.15) is 41.5 Å². The second-order valence-electron chi connectivity index (χ2n) is 6.75. The van der Waals surface area contributed by atoms with E-state index in [-0.39, 0.29) is 12.0 Å². The van der Waals surface area contributed by atoms with Crippen molar-refractivity contribution in [3.8, 4) is 0 Å². The van der Waals surface area contributed by atoms with E-state index in [4.69, 9.17) is 33.1 Å². The Bertz CT molecular complexity index is 922. The van der Waals surface area contributed by atoms with E-state index in [0.29, 0.717) is 16.5 Å². The predicted octanol–water partition coefficient (Wildman–Crippen LogP) is 2.81. The maximum atomic E-state index is 11.8. The SMILES string of the molecule is O=C(O)[C@H](O)[C@@H](O)C(=O)ON[C@H]1CC[C@@H](c2ccc(Cl)c(Cl)c2)c2ccccc21. The molecule has 0 radical (unpaired) electrons. The molecule has 4 atom stereocenters. The Morgan fingerprint density at radius 2 is 1.69 bits per heavy atom. The molecule has 29 heavy (non-hydrogen) atoms. The van der Waals surface area contributed by atoms with Crippen LogP contribution in [0.2, 0.25) is 10.0 Å². The minimum absolute atomic E-state index is 0.0779. The number of fused-ring (bicyclic) bond motifs is 1. The molecule has 154 valence electrons. The average molecular weight is 440 g/mol. The summed E-state index contributed by atoms with van der Waals surface area (Å²) in [6, 6.07) is 12.8. The maximum absolute atomic E-state index is 11.8. The molecule has 0 aliphatic heterocycles. The van der Waals surface area contributed by atoms with Crippen LogP contribution < -0.4 is 5.48 Å². The summed E-state index contributed by atoms with van der Waals surface area (Å²) in [7, 11) is 0. The van der Waals surface area contributed by atoms with Gasteiger partial charge in [0.2, 0.25) is 0 Å². The van der Waals surface area contributed by atoms with Gasteiger partial charge in [0.15, 0.2) is 12.2 Å². The first-order valence-corrected chi connectivity index (χ1v) is 9.64. The van der Waals surface area contributed by atoms with E-state index in [1.807, 2.05) is 36.4 Å². The molecule has 4 N–H and O–H groups in total. The van der Waals surface area contributed by atoms with Crippen LogP contribution in [0.3, 0.4) is 0 Å². The number of carboxylic acid groups (broad SMARTS) is 1. The first kappa shape index (κ1) is 21.5. The Kier molecular flexibility index (Phi) is 6.77. The summed E-state index contributed by atoms with van der Waals surface area (Å²) in [5.41, 5.74) is 5.52. The fourth-order valence-electron chi connectivity index (χ4n) is 3.44. The molecule has 0 spiro atoms. The number of nitrogens with one attached hydrogen (secondary N) is 1. The number of hydrogen-bond donors (Lipinski definition) is 4. The number of carbonyl (C=O) groups is 2. The largest absolute Gasteiger partial charge is 0.479 e. The third-order valence-electron chi connectivity index (χ3n) is 4.93. The van der Waals surface area contributed by atoms with E-state index in [1.165, 1.54) is 0 Å². The predicted molar refractivity (Wildman–Crippen MR) is 106 cm³/mol. The van der Waals surface area contributed by atoms with E-state index in [0.717, 1.165) is 23.1 Å². The Hall–Kier alpha value is -2.16. The number of hydroxylamine groups is 1. The highest BCUT2D eigenvalue weighted by molar-refractivity contribution is 6.42. The van der Waals surface area contributed by atoms with Gasteiger partial charge >= 0.3 is 11.9 Å². The zero-order valence-electron chi connectivity index (χ0n) is 15.1. The van der Waals surface area contributed by atoms with Crippen molar-refractivity contribution in [1.29, 1.82) is 0 Å². The summed E-state index contributed by atoms with van der Waals surface area (Å²) in [5.74, 6) is -2.92. The monoisotopic (exact) mass is 439 g/mol. The maximum Gasteiger partial charge on any atom is 0.357 e. The van der Waals surface area contributed by atoms with Crippen LogP contribution in [0.15, 0.2) is 42.5 Å². The van der Waals surface area contributed by atoms with Crippen molar-refractivity contribution in [2.45, 2.75) is 37.0 Å². The molecule has 0 saturated heterocycles. The van der Waals surface area contributed by atoms with Crippen molar-refractivity contribution in [1.82, 2.24) is 5.48 Å². The lowest BCUT2D eigenvalue weighted by molar-refractivity contribution is -0.176. The minimum atomic E-state index is -2.26. The Balaban J connectivity index is 1.76. The highest BCUT2D eigenvalue weighted by Crippen LogP contribution is 2.42. The molecular weight excluding hydrogens is 421 g/mol. The second-order valence-corrected chi connectivity index (χ2v) is 7.57. The highest BCUT2D eigenvalue weighted by atomic mass is 35.5. The van der Waals surface area contributed by atoms with Crippen LogP contribution in [0.5, 0.6) is 0 Å². The number of aliphatic hydroxyl groups is 2. The molecule has 9 heteroatoms. The molecule has 3 rings (SSSR count). The average Bonchev–Trinajstić information content (AvgIpc) is 2.72. The first-order valence-electron chi connectivity index (χ1n) is 8.88. The minimum Gasteiger partial charge on any atom is -0.479 e. The van der Waals surface area contributed by atoms with Crippen LogP contribution in [0.25, 0.3) is 0 Å². The molecule has 0 fully saturated rings. The fourth-order valence-corrected chi connectivity index (χ4v) is 3.75. The van der Waals surface area contributed by atoms with E-state index >= 15 is 0 Å². The van der Waals surface area contributed by atoms with Crippen LogP contribution in [-0.2, 0) is 14.4 Å². The molecule has 1 aliphatic carbocycles. The van der Waals surface area contributed by atoms with Crippen LogP contribution in [0.4, 0.5) is 0 Å². The van der Waals surface area contributed by atoms with Crippen molar-refractivity contribution >= 4 is 35.1 Å². The van der Waals surface area contributed by atoms with E-state index in [2.05, 4.69) is 5.48 Å². The molecule has 2 aromatic carbocycles. The molecule has 0 heterocycles. The van der Waals surface area contributed by atoms with Gasteiger partial charge < -0.3 is 20.2 Å². The third kappa shape index (κ3) is 4.71. The van der Waals surface area contributed by atoms with Crippen molar-refractivity contribution in [3.63, 3.8) is 0 Å². The quantitative estimate of drug-likeness (QED) is 0.511. The highest BCUT2D eigenvalue weighted by Gasteiger charge is 2.33. The van der Waals surface area contributed by atoms with Crippen LogP contribution in [-0.4, -0.2) is 39.5 Å². The molecule has 0 aromatic heterocycles. The number of rotatable bonds is 6. The summed E-state index contributed by atoms with van der Waals surface area (Å²) >= 11 is 12.2. The standard InChI is InChI=1S/C20H19Cl2NO6/c21-14-7-5-10(9-15(14)22)11-6-8-16(13-4-2-1-3-12(11)13)23-29-20(28)18(25)17(24)19(26)27/h1-5,7,9,11,16-18,23-25H,6,8H2,(H,26,27)/t11-,16-,17+,18+/m0/s1. The molecule has 0 bridgehead atoms. The smallest absolute Gasteiger partial charge is 0.357 e. The molecule has 7 nitrogen and oxygen atoms in total. The molecular formula is C20H19Cl2NO6. The number of aliphatic carboxylic acids is 1. The van der Waals surface area contributed by atoms with Gasteiger partial charge in [0.25, 0.3) is 0 Å². The Morgan fingerprint density at radius 3 is 2.34 bits per heavy atom. The molecule has 0 saturated carbocycles. The zero-order chi connectivity index (χ0) is 21.1. The van der Waals surface area contributed by atoms with Crippen molar-refractivity contribution in [3.05, 3.63) is 69.2 Å². The van der Waals surface area contributed by atoms with Crippen LogP contribution in [0, 0.1) is 0 Å². The number of hydrogen-bond acceptors (Lipinski definition) is 6. The second kappa shape index (κ2) is 9.11. The number of halogens is 2. The van der Waals surface area contributed by atoms with Gasteiger partial charge in [-0.2, -0.15) is 0 Å². The lowest BCUT2D eigenvalue weighted by Gasteiger charge is -2.32. The van der Waals surface area contributed by atoms with Gasteiger partial charge in [0, 0.05) is 5.92 Å². The lowest BCUT2D eigenvalue weighted by Crippen LogP contribution is -2.43. The van der Waals surface area contributed by atoms with E-state index in [9.17, 15) is 19.8 Å². The normalized spacial score (nSPS) is 20.4. The van der Waals surface area contributed by atoms with Gasteiger partial charge in [0.05, 0.1) is 16.1 Å². The number of carbonyl (C=O) groups excluding carboxylic acids is 1. The van der Waals surface area contributed by atoms with Crippen LogP contribution >= 0.6 is 23.2 Å². The zero-order valence-corrected chi connectivity index (χ0v) is 16.6. The summed E-state index contributed by atoms with van der Waals surface area (Å²) in [6.45, 7) is 0. The van der Waals surface area contributed by atoms with Gasteiger partial charge in [-0.3, -0.25) is 0 Å². The number of aliphatic hydroxyl groups excluding tert-OH is 2. The summed E-state index contributed by atoms with van der Waals surface area (Å²) in [5, 5.41) is 28.4. The van der Waals surface area contributed by atoms with Gasteiger partial charge in [-0.05, 0) is 41.7 Å². The summed E-state index contributed by atoms with van der Waals surface area (Å²) < 4.78 is 0. The van der Waals surface area contributed by atoms with Crippen molar-refractivity contribution in [2.75, 3.05) is 0 Å². The van der Waals surface area contributed by atoms with Gasteiger partial charge in [-0.25, -0.2) is 9.59 Å². The van der Waals surface area contributed by atoms with Gasteiger partial charge in [-0.15, -0.1) is 5.48 Å². The molecule has 2 aromatic rings. The van der Waals surface area contributed by atoms with Gasteiger partial charge in [0.1, 0.15) is 0 Å². The van der Waals surface area contributed by atoms with Crippen molar-refractivity contribution in [2.24, 2.45) is 0 Å². The first-order chi connectivity index (χ1) is 13.8.